The van der Waals surface area contributed by atoms with Crippen LogP contribution in [0.15, 0.2) is 27.2 Å². The van der Waals surface area contributed by atoms with Gasteiger partial charge in [-0.15, -0.1) is 0 Å². The van der Waals surface area contributed by atoms with Crippen LogP contribution >= 0.6 is 15.9 Å². The molecule has 1 aromatic carbocycles. The maximum absolute atomic E-state index is 5.17. The highest BCUT2D eigenvalue weighted by atomic mass is 79.9. The molecule has 0 amide bonds. The van der Waals surface area contributed by atoms with Crippen LogP contribution in [0.3, 0.4) is 0 Å². The van der Waals surface area contributed by atoms with E-state index in [1.54, 1.807) is 7.11 Å². The highest BCUT2D eigenvalue weighted by Crippen LogP contribution is 2.29. The van der Waals surface area contributed by atoms with Crippen LogP contribution in [0.25, 0.3) is 11.5 Å². The second kappa shape index (κ2) is 5.29. The van der Waals surface area contributed by atoms with Gasteiger partial charge in [-0.25, -0.2) is 0 Å². The summed E-state index contributed by atoms with van der Waals surface area (Å²) in [6.07, 6.45) is 0. The van der Waals surface area contributed by atoms with Crippen LogP contribution < -0.4 is 10.1 Å². The molecule has 0 saturated heterocycles. The van der Waals surface area contributed by atoms with E-state index in [9.17, 15) is 0 Å². The molecule has 0 spiro atoms. The van der Waals surface area contributed by atoms with Crippen LogP contribution in [0, 0.1) is 0 Å². The summed E-state index contributed by atoms with van der Waals surface area (Å²) in [4.78, 5) is 4.26. The maximum atomic E-state index is 5.17. The molecule has 0 bridgehead atoms. The molecule has 1 heterocycles. The van der Waals surface area contributed by atoms with Crippen LogP contribution in [-0.2, 0) is 6.54 Å². The minimum absolute atomic E-state index is 0.499. The molecule has 0 radical (unpaired) electrons. The van der Waals surface area contributed by atoms with Gasteiger partial charge in [-0.2, -0.15) is 4.98 Å². The predicted molar refractivity (Wildman–Crippen MR) is 66.7 cm³/mol. The summed E-state index contributed by atoms with van der Waals surface area (Å²) < 4.78 is 11.2. The van der Waals surface area contributed by atoms with Gasteiger partial charge in [-0.1, -0.05) is 5.16 Å². The van der Waals surface area contributed by atoms with E-state index in [4.69, 9.17) is 9.26 Å². The topological polar surface area (TPSA) is 60.2 Å². The van der Waals surface area contributed by atoms with E-state index in [2.05, 4.69) is 31.4 Å². The first-order valence-corrected chi connectivity index (χ1v) is 5.85. The fourth-order valence-corrected chi connectivity index (χ4v) is 1.94. The quantitative estimate of drug-likeness (QED) is 0.938. The smallest absolute Gasteiger partial charge is 0.258 e. The second-order valence-electron chi connectivity index (χ2n) is 3.40. The Hall–Kier alpha value is -1.40. The molecular formula is C11H12BrN3O2. The van der Waals surface area contributed by atoms with Crippen molar-refractivity contribution in [2.24, 2.45) is 0 Å². The normalized spacial score (nSPS) is 10.5. The molecule has 0 aliphatic carbocycles. The van der Waals surface area contributed by atoms with E-state index >= 15 is 0 Å². The molecule has 6 heteroatoms. The van der Waals surface area contributed by atoms with Gasteiger partial charge in [0.05, 0.1) is 18.1 Å². The van der Waals surface area contributed by atoms with E-state index in [0.29, 0.717) is 18.3 Å². The molecule has 17 heavy (non-hydrogen) atoms. The van der Waals surface area contributed by atoms with Gasteiger partial charge in [0.1, 0.15) is 5.75 Å². The zero-order valence-corrected chi connectivity index (χ0v) is 11.1. The van der Waals surface area contributed by atoms with Crippen molar-refractivity contribution in [3.63, 3.8) is 0 Å². The van der Waals surface area contributed by atoms with E-state index in [-0.39, 0.29) is 0 Å². The number of nitrogens with one attached hydrogen (secondary N) is 1. The lowest BCUT2D eigenvalue weighted by molar-refractivity contribution is 0.411. The minimum Gasteiger partial charge on any atom is -0.496 e. The molecule has 90 valence electrons. The van der Waals surface area contributed by atoms with Gasteiger partial charge in [-0.3, -0.25) is 0 Å². The number of nitrogens with zero attached hydrogens (tertiary/aromatic N) is 2. The van der Waals surface area contributed by atoms with Crippen molar-refractivity contribution in [2.75, 3.05) is 14.2 Å². The molecule has 2 rings (SSSR count). The van der Waals surface area contributed by atoms with Crippen molar-refractivity contribution in [2.45, 2.75) is 6.54 Å². The largest absolute Gasteiger partial charge is 0.496 e. The zero-order chi connectivity index (χ0) is 12.3. The zero-order valence-electron chi connectivity index (χ0n) is 9.53. The van der Waals surface area contributed by atoms with Crippen molar-refractivity contribution in [1.82, 2.24) is 15.5 Å². The van der Waals surface area contributed by atoms with Gasteiger partial charge in [0.25, 0.3) is 5.89 Å². The average Bonchev–Trinajstić information content (AvgIpc) is 2.78. The van der Waals surface area contributed by atoms with E-state index in [0.717, 1.165) is 15.8 Å². The lowest BCUT2D eigenvalue weighted by Crippen LogP contribution is -2.06. The fourth-order valence-electron chi connectivity index (χ4n) is 1.40. The fraction of sp³-hybridized carbons (Fsp3) is 0.273. The van der Waals surface area contributed by atoms with E-state index in [1.807, 2.05) is 25.2 Å². The number of methoxy groups -OCH3 is 1. The van der Waals surface area contributed by atoms with Gasteiger partial charge >= 0.3 is 0 Å². The van der Waals surface area contributed by atoms with Gasteiger partial charge in [0.15, 0.2) is 5.82 Å². The highest BCUT2D eigenvalue weighted by molar-refractivity contribution is 9.10. The predicted octanol–water partition coefficient (Wildman–Crippen LogP) is 2.23. The Morgan fingerprint density at radius 2 is 2.29 bits per heavy atom. The Kier molecular flexibility index (Phi) is 3.75. The number of aromatic nitrogens is 2. The molecule has 0 aliphatic heterocycles. The second-order valence-corrected chi connectivity index (χ2v) is 4.25. The number of halogens is 1. The first-order chi connectivity index (χ1) is 8.24. The summed E-state index contributed by atoms with van der Waals surface area (Å²) in [6.45, 7) is 0.584. The maximum Gasteiger partial charge on any atom is 0.258 e. The summed E-state index contributed by atoms with van der Waals surface area (Å²) in [6, 6.07) is 5.61. The molecule has 0 fully saturated rings. The van der Waals surface area contributed by atoms with Crippen LogP contribution in [0.2, 0.25) is 0 Å². The monoisotopic (exact) mass is 297 g/mol. The molecule has 0 unspecified atom stereocenters. The Morgan fingerprint density at radius 3 is 2.94 bits per heavy atom. The summed E-state index contributed by atoms with van der Waals surface area (Å²) >= 11 is 3.41. The standard InChI is InChI=1S/C11H12BrN3O2/c1-13-6-10-14-11(17-15-10)7-3-4-9(16-2)8(12)5-7/h3-5,13H,6H2,1-2H3. The van der Waals surface area contributed by atoms with Gasteiger partial charge in [0, 0.05) is 5.56 Å². The Balaban J connectivity index is 2.29. The van der Waals surface area contributed by atoms with Crippen molar-refractivity contribution in [3.05, 3.63) is 28.5 Å². The lowest BCUT2D eigenvalue weighted by atomic mass is 10.2. The van der Waals surface area contributed by atoms with Crippen LogP contribution in [0.5, 0.6) is 5.75 Å². The molecular weight excluding hydrogens is 286 g/mol. The Labute approximate surface area is 107 Å². The SMILES string of the molecule is CNCc1noc(-c2ccc(OC)c(Br)c2)n1. The third-order valence-electron chi connectivity index (χ3n) is 2.20. The van der Waals surface area contributed by atoms with Crippen molar-refractivity contribution in [3.8, 4) is 17.2 Å². The third-order valence-corrected chi connectivity index (χ3v) is 2.82. The number of hydrogen-bond acceptors (Lipinski definition) is 5. The Bertz CT molecular complexity index is 513. The summed E-state index contributed by atoms with van der Waals surface area (Å²) in [5.74, 6) is 1.90. The number of ether oxygens (including phenoxy) is 1. The van der Waals surface area contributed by atoms with Crippen molar-refractivity contribution >= 4 is 15.9 Å². The summed E-state index contributed by atoms with van der Waals surface area (Å²) in [5, 5.41) is 6.82. The summed E-state index contributed by atoms with van der Waals surface area (Å²) in [7, 11) is 3.46. The summed E-state index contributed by atoms with van der Waals surface area (Å²) in [5.41, 5.74) is 0.854. The third kappa shape index (κ3) is 2.65. The first-order valence-electron chi connectivity index (χ1n) is 5.05. The molecule has 0 aliphatic rings. The van der Waals surface area contributed by atoms with Crippen LogP contribution in [0.1, 0.15) is 5.82 Å². The average molecular weight is 298 g/mol. The highest BCUT2D eigenvalue weighted by Gasteiger charge is 2.10. The Morgan fingerprint density at radius 1 is 1.47 bits per heavy atom. The van der Waals surface area contributed by atoms with Gasteiger partial charge < -0.3 is 14.6 Å². The van der Waals surface area contributed by atoms with E-state index < -0.39 is 0 Å². The van der Waals surface area contributed by atoms with Crippen molar-refractivity contribution < 1.29 is 9.26 Å². The number of hydrogen-bond donors (Lipinski definition) is 1. The van der Waals surface area contributed by atoms with Gasteiger partial charge in [0.2, 0.25) is 0 Å². The molecule has 1 N–H and O–H groups in total. The van der Waals surface area contributed by atoms with Crippen LogP contribution in [0.4, 0.5) is 0 Å². The van der Waals surface area contributed by atoms with Crippen molar-refractivity contribution in [1.29, 1.82) is 0 Å². The van der Waals surface area contributed by atoms with Gasteiger partial charge in [-0.05, 0) is 41.2 Å². The molecule has 0 atom stereocenters. The molecule has 1 aromatic heterocycles. The molecule has 2 aromatic rings. The minimum atomic E-state index is 0.499. The molecule has 5 nitrogen and oxygen atoms in total. The first kappa shape index (κ1) is 12.1. The number of benzene rings is 1. The van der Waals surface area contributed by atoms with E-state index in [1.165, 1.54) is 0 Å². The lowest BCUT2D eigenvalue weighted by Gasteiger charge is -2.03. The number of rotatable bonds is 4. The van der Waals surface area contributed by atoms with Crippen LogP contribution in [-0.4, -0.2) is 24.3 Å². The molecule has 0 saturated carbocycles.